The number of guanidine groups is 1. The number of aliphatic imine (C=N–C) groups is 1. The van der Waals surface area contributed by atoms with Gasteiger partial charge < -0.3 is 20.3 Å². The number of carbonyl (C=O) groups excluding carboxylic acids is 1. The van der Waals surface area contributed by atoms with Gasteiger partial charge in [-0.3, -0.25) is 4.79 Å². The lowest BCUT2D eigenvalue weighted by Gasteiger charge is -2.27. The van der Waals surface area contributed by atoms with E-state index in [1.807, 2.05) is 18.7 Å². The zero-order valence-electron chi connectivity index (χ0n) is 17.1. The lowest BCUT2D eigenvalue weighted by molar-refractivity contribution is -0.130. The molecule has 0 atom stereocenters. The number of aryl methyl sites for hydroxylation is 1. The number of hydrogen-bond acceptors (Lipinski definition) is 4. The van der Waals surface area contributed by atoms with E-state index in [9.17, 15) is 13.6 Å². The molecule has 162 valence electrons. The monoisotopic (exact) mass is 436 g/mol. The van der Waals surface area contributed by atoms with Crippen molar-refractivity contribution < 1.29 is 18.3 Å². The lowest BCUT2D eigenvalue weighted by Crippen LogP contribution is -2.45. The van der Waals surface area contributed by atoms with Crippen molar-refractivity contribution in [3.8, 4) is 5.75 Å². The van der Waals surface area contributed by atoms with Crippen LogP contribution >= 0.6 is 11.3 Å². The van der Waals surface area contributed by atoms with Gasteiger partial charge in [-0.05, 0) is 43.3 Å². The molecular formula is C21H26F2N4O2S. The van der Waals surface area contributed by atoms with Gasteiger partial charge >= 0.3 is 6.61 Å². The SMILES string of the molecule is CCNC(=NCc1cc(C)ccc1OC(F)F)NCC(=O)N1CCc2sccc2C1. The van der Waals surface area contributed by atoms with Crippen molar-refractivity contribution >= 4 is 23.2 Å². The zero-order chi connectivity index (χ0) is 21.5. The van der Waals surface area contributed by atoms with Gasteiger partial charge in [-0.1, -0.05) is 17.7 Å². The summed E-state index contributed by atoms with van der Waals surface area (Å²) in [4.78, 5) is 20.2. The highest BCUT2D eigenvalue weighted by Gasteiger charge is 2.21. The maximum Gasteiger partial charge on any atom is 0.387 e. The number of nitrogens with one attached hydrogen (secondary N) is 2. The lowest BCUT2D eigenvalue weighted by atomic mass is 10.1. The third-order valence-corrected chi connectivity index (χ3v) is 5.77. The van der Waals surface area contributed by atoms with E-state index in [0.29, 0.717) is 31.2 Å². The molecule has 2 heterocycles. The van der Waals surface area contributed by atoms with Crippen molar-refractivity contribution in [3.05, 3.63) is 51.2 Å². The van der Waals surface area contributed by atoms with Gasteiger partial charge in [0.2, 0.25) is 5.91 Å². The molecule has 0 spiro atoms. The van der Waals surface area contributed by atoms with Crippen LogP contribution in [0.5, 0.6) is 5.75 Å². The summed E-state index contributed by atoms with van der Waals surface area (Å²) >= 11 is 1.73. The first-order valence-corrected chi connectivity index (χ1v) is 10.7. The summed E-state index contributed by atoms with van der Waals surface area (Å²) in [6.45, 7) is 3.10. The molecule has 30 heavy (non-hydrogen) atoms. The van der Waals surface area contributed by atoms with Gasteiger partial charge in [-0.15, -0.1) is 11.3 Å². The quantitative estimate of drug-likeness (QED) is 0.516. The summed E-state index contributed by atoms with van der Waals surface area (Å²) in [6.07, 6.45) is 0.882. The van der Waals surface area contributed by atoms with Crippen LogP contribution in [-0.4, -0.2) is 43.0 Å². The predicted octanol–water partition coefficient (Wildman–Crippen LogP) is 3.30. The molecule has 0 bridgehead atoms. The van der Waals surface area contributed by atoms with E-state index in [2.05, 4.69) is 31.8 Å². The van der Waals surface area contributed by atoms with Crippen LogP contribution in [-0.2, 0) is 24.3 Å². The number of amides is 1. The Hall–Kier alpha value is -2.68. The molecule has 1 aromatic heterocycles. The number of carbonyl (C=O) groups is 1. The average molecular weight is 437 g/mol. The minimum Gasteiger partial charge on any atom is -0.434 e. The number of hydrogen-bond donors (Lipinski definition) is 2. The summed E-state index contributed by atoms with van der Waals surface area (Å²) in [6, 6.07) is 7.07. The number of rotatable bonds is 7. The Morgan fingerprint density at radius 1 is 1.33 bits per heavy atom. The fourth-order valence-electron chi connectivity index (χ4n) is 3.28. The van der Waals surface area contributed by atoms with E-state index in [1.165, 1.54) is 16.5 Å². The molecular weight excluding hydrogens is 410 g/mol. The predicted molar refractivity (Wildman–Crippen MR) is 114 cm³/mol. The van der Waals surface area contributed by atoms with E-state index in [1.54, 1.807) is 23.5 Å². The van der Waals surface area contributed by atoms with Crippen molar-refractivity contribution in [2.45, 2.75) is 40.0 Å². The second-order valence-corrected chi connectivity index (χ2v) is 7.97. The fraction of sp³-hybridized carbons (Fsp3) is 0.429. The van der Waals surface area contributed by atoms with Gasteiger partial charge in [0.05, 0.1) is 13.1 Å². The Bertz CT molecular complexity index is 901. The Morgan fingerprint density at radius 2 is 2.17 bits per heavy atom. The number of alkyl halides is 2. The van der Waals surface area contributed by atoms with Gasteiger partial charge in [0, 0.05) is 30.1 Å². The minimum atomic E-state index is -2.90. The average Bonchev–Trinajstić information content (AvgIpc) is 3.19. The maximum atomic E-state index is 12.7. The summed E-state index contributed by atoms with van der Waals surface area (Å²) in [7, 11) is 0. The van der Waals surface area contributed by atoms with E-state index in [0.717, 1.165) is 12.0 Å². The first kappa shape index (κ1) is 22.0. The third kappa shape index (κ3) is 5.91. The number of nitrogens with zero attached hydrogens (tertiary/aromatic N) is 2. The third-order valence-electron chi connectivity index (χ3n) is 4.75. The molecule has 0 saturated heterocycles. The molecule has 0 aliphatic carbocycles. The molecule has 3 rings (SSSR count). The molecule has 0 radical (unpaired) electrons. The highest BCUT2D eigenvalue weighted by molar-refractivity contribution is 7.10. The normalized spacial score (nSPS) is 13.9. The summed E-state index contributed by atoms with van der Waals surface area (Å²) < 4.78 is 29.9. The van der Waals surface area contributed by atoms with Crippen LogP contribution in [0, 0.1) is 6.92 Å². The van der Waals surface area contributed by atoms with Crippen LogP contribution in [0.15, 0.2) is 34.6 Å². The summed E-state index contributed by atoms with van der Waals surface area (Å²) in [5.41, 5.74) is 2.69. The number of thiophene rings is 1. The van der Waals surface area contributed by atoms with E-state index >= 15 is 0 Å². The van der Waals surface area contributed by atoms with Crippen molar-refractivity contribution in [1.82, 2.24) is 15.5 Å². The summed E-state index contributed by atoms with van der Waals surface area (Å²) in [5.74, 6) is 0.546. The van der Waals surface area contributed by atoms with Gasteiger partial charge in [0.1, 0.15) is 5.75 Å². The van der Waals surface area contributed by atoms with Crippen LogP contribution in [0.3, 0.4) is 0 Å². The Labute approximate surface area is 178 Å². The molecule has 2 aromatic rings. The van der Waals surface area contributed by atoms with Crippen molar-refractivity contribution in [3.63, 3.8) is 0 Å². The van der Waals surface area contributed by atoms with Crippen LogP contribution in [0.2, 0.25) is 0 Å². The summed E-state index contributed by atoms with van der Waals surface area (Å²) in [5, 5.41) is 8.18. The number of fused-ring (bicyclic) bond motifs is 1. The van der Waals surface area contributed by atoms with Crippen LogP contribution < -0.4 is 15.4 Å². The largest absolute Gasteiger partial charge is 0.434 e. The fourth-order valence-corrected chi connectivity index (χ4v) is 4.17. The maximum absolute atomic E-state index is 12.7. The van der Waals surface area contributed by atoms with Crippen molar-refractivity contribution in [2.24, 2.45) is 4.99 Å². The molecule has 2 N–H and O–H groups in total. The Kier molecular flexibility index (Phi) is 7.62. The molecule has 6 nitrogen and oxygen atoms in total. The minimum absolute atomic E-state index is 0.00488. The number of ether oxygens (including phenoxy) is 1. The van der Waals surface area contributed by atoms with Gasteiger partial charge in [0.15, 0.2) is 5.96 Å². The van der Waals surface area contributed by atoms with E-state index < -0.39 is 6.61 Å². The molecule has 1 amide bonds. The highest BCUT2D eigenvalue weighted by Crippen LogP contribution is 2.24. The van der Waals surface area contributed by atoms with Crippen LogP contribution in [0.25, 0.3) is 0 Å². The van der Waals surface area contributed by atoms with E-state index in [4.69, 9.17) is 0 Å². The zero-order valence-corrected chi connectivity index (χ0v) is 17.9. The second kappa shape index (κ2) is 10.4. The van der Waals surface area contributed by atoms with Gasteiger partial charge in [-0.25, -0.2) is 4.99 Å². The number of halogens is 2. The van der Waals surface area contributed by atoms with Crippen LogP contribution in [0.1, 0.15) is 28.5 Å². The first-order valence-electron chi connectivity index (χ1n) is 9.85. The smallest absolute Gasteiger partial charge is 0.387 e. The van der Waals surface area contributed by atoms with Crippen LogP contribution in [0.4, 0.5) is 8.78 Å². The first-order chi connectivity index (χ1) is 14.5. The van der Waals surface area contributed by atoms with E-state index in [-0.39, 0.29) is 24.7 Å². The second-order valence-electron chi connectivity index (χ2n) is 6.97. The molecule has 1 aliphatic heterocycles. The molecule has 1 aromatic carbocycles. The molecule has 0 unspecified atom stereocenters. The molecule has 0 saturated carbocycles. The number of benzene rings is 1. The molecule has 9 heteroatoms. The molecule has 1 aliphatic rings. The Morgan fingerprint density at radius 3 is 2.93 bits per heavy atom. The Balaban J connectivity index is 1.61. The molecule has 0 fully saturated rings. The van der Waals surface area contributed by atoms with Crippen molar-refractivity contribution in [1.29, 1.82) is 0 Å². The highest BCUT2D eigenvalue weighted by atomic mass is 32.1. The van der Waals surface area contributed by atoms with Gasteiger partial charge in [-0.2, -0.15) is 8.78 Å². The topological polar surface area (TPSA) is 66.0 Å². The standard InChI is InChI=1S/C21H26F2N4O2S/c1-3-24-21(25-11-16-10-14(2)4-5-17(16)29-20(22)23)26-12-19(28)27-8-6-18-15(13-27)7-9-30-18/h4-5,7,9-10,20H,3,6,8,11-13H2,1-2H3,(H2,24,25,26). The van der Waals surface area contributed by atoms with Crippen molar-refractivity contribution in [2.75, 3.05) is 19.6 Å². The van der Waals surface area contributed by atoms with Gasteiger partial charge in [0.25, 0.3) is 0 Å².